The maximum absolute atomic E-state index is 12.7. The summed E-state index contributed by atoms with van der Waals surface area (Å²) in [7, 11) is 0. The molecule has 0 spiro atoms. The molecule has 1 aliphatic heterocycles. The second-order valence-electron chi connectivity index (χ2n) is 8.41. The van der Waals surface area contributed by atoms with Gasteiger partial charge in [-0.05, 0) is 56.9 Å². The third kappa shape index (κ3) is 3.80. The van der Waals surface area contributed by atoms with E-state index in [-0.39, 0.29) is 30.6 Å². The van der Waals surface area contributed by atoms with E-state index in [1.54, 1.807) is 17.9 Å². The highest BCUT2D eigenvalue weighted by atomic mass is 16.5. The summed E-state index contributed by atoms with van der Waals surface area (Å²) < 4.78 is 11.3. The highest BCUT2D eigenvalue weighted by molar-refractivity contribution is 5.89. The first-order valence-electron chi connectivity index (χ1n) is 10.6. The van der Waals surface area contributed by atoms with Crippen molar-refractivity contribution in [2.24, 2.45) is 0 Å². The van der Waals surface area contributed by atoms with Gasteiger partial charge in [0, 0.05) is 24.7 Å². The van der Waals surface area contributed by atoms with Crippen LogP contribution in [0, 0.1) is 20.8 Å². The lowest BCUT2D eigenvalue weighted by molar-refractivity contribution is -0.148. The van der Waals surface area contributed by atoms with E-state index in [1.807, 2.05) is 24.8 Å². The van der Waals surface area contributed by atoms with E-state index in [2.05, 4.69) is 0 Å². The number of rotatable bonds is 4. The van der Waals surface area contributed by atoms with Gasteiger partial charge in [0.25, 0.3) is 5.91 Å². The summed E-state index contributed by atoms with van der Waals surface area (Å²) in [5.74, 6) is 0.324. The molecule has 7 heteroatoms. The van der Waals surface area contributed by atoms with E-state index >= 15 is 0 Å². The SMILES string of the molecule is Cc1cc(OCC(=O)N2CCN(C3CCCC3)C(=O)C2)c2c(C)c(C)c(=O)oc2c1. The molecule has 1 aromatic heterocycles. The second-order valence-corrected chi connectivity index (χ2v) is 8.41. The van der Waals surface area contributed by atoms with Gasteiger partial charge in [0.1, 0.15) is 11.3 Å². The van der Waals surface area contributed by atoms with Crippen molar-refractivity contribution in [3.8, 4) is 5.75 Å². The van der Waals surface area contributed by atoms with Gasteiger partial charge in [-0.15, -0.1) is 0 Å². The molecule has 0 radical (unpaired) electrons. The Balaban J connectivity index is 1.47. The molecule has 2 fully saturated rings. The van der Waals surface area contributed by atoms with Crippen LogP contribution in [-0.4, -0.2) is 53.9 Å². The summed E-state index contributed by atoms with van der Waals surface area (Å²) in [6.45, 7) is 6.51. The molecule has 2 amide bonds. The first-order chi connectivity index (χ1) is 14.3. The normalized spacial score (nSPS) is 17.8. The first-order valence-corrected chi connectivity index (χ1v) is 10.6. The third-order valence-electron chi connectivity index (χ3n) is 6.38. The van der Waals surface area contributed by atoms with Crippen molar-refractivity contribution < 1.29 is 18.7 Å². The van der Waals surface area contributed by atoms with Gasteiger partial charge in [0.05, 0.1) is 11.9 Å². The molecule has 30 heavy (non-hydrogen) atoms. The number of carbonyl (C=O) groups is 2. The van der Waals surface area contributed by atoms with Crippen LogP contribution in [0.2, 0.25) is 0 Å². The van der Waals surface area contributed by atoms with E-state index in [4.69, 9.17) is 9.15 Å². The highest BCUT2D eigenvalue weighted by Crippen LogP contribution is 2.31. The van der Waals surface area contributed by atoms with Crippen LogP contribution < -0.4 is 10.4 Å². The smallest absolute Gasteiger partial charge is 0.339 e. The number of hydrogen-bond donors (Lipinski definition) is 0. The minimum absolute atomic E-state index is 0.0238. The number of hydrogen-bond acceptors (Lipinski definition) is 5. The van der Waals surface area contributed by atoms with Crippen molar-refractivity contribution in [3.05, 3.63) is 39.2 Å². The van der Waals surface area contributed by atoms with E-state index < -0.39 is 0 Å². The number of fused-ring (bicyclic) bond motifs is 1. The van der Waals surface area contributed by atoms with Crippen LogP contribution in [0.4, 0.5) is 0 Å². The summed E-state index contributed by atoms with van der Waals surface area (Å²) in [4.78, 5) is 40.8. The largest absolute Gasteiger partial charge is 0.483 e. The van der Waals surface area contributed by atoms with Crippen molar-refractivity contribution in [1.29, 1.82) is 0 Å². The molecule has 0 bridgehead atoms. The number of ether oxygens (including phenoxy) is 1. The van der Waals surface area contributed by atoms with Gasteiger partial charge >= 0.3 is 5.63 Å². The monoisotopic (exact) mass is 412 g/mol. The number of nitrogens with zero attached hydrogens (tertiary/aromatic N) is 2. The number of aryl methyl sites for hydroxylation is 2. The first kappa shape index (κ1) is 20.4. The zero-order chi connectivity index (χ0) is 21.4. The van der Waals surface area contributed by atoms with Crippen LogP contribution in [-0.2, 0) is 9.59 Å². The van der Waals surface area contributed by atoms with Crippen molar-refractivity contribution in [3.63, 3.8) is 0 Å². The molecule has 2 aromatic rings. The summed E-state index contributed by atoms with van der Waals surface area (Å²) in [5.41, 5.74) is 2.26. The van der Waals surface area contributed by atoms with Gasteiger partial charge < -0.3 is 19.0 Å². The molecule has 1 saturated heterocycles. The number of benzene rings is 1. The Morgan fingerprint density at radius 1 is 1.10 bits per heavy atom. The second kappa shape index (κ2) is 8.13. The standard InChI is InChI=1S/C23H28N2O5/c1-14-10-18(22-15(2)16(3)23(28)30-19(22)11-14)29-13-21(27)24-8-9-25(20(26)12-24)17-6-4-5-7-17/h10-11,17H,4-9,12-13H2,1-3H3. The van der Waals surface area contributed by atoms with Crippen LogP contribution in [0.15, 0.2) is 21.3 Å². The van der Waals surface area contributed by atoms with Gasteiger partial charge in [-0.1, -0.05) is 12.8 Å². The topological polar surface area (TPSA) is 80.1 Å². The van der Waals surface area contributed by atoms with Gasteiger partial charge in [0.15, 0.2) is 6.61 Å². The van der Waals surface area contributed by atoms with E-state index in [0.29, 0.717) is 41.4 Å². The quantitative estimate of drug-likeness (QED) is 0.722. The van der Waals surface area contributed by atoms with Crippen LogP contribution in [0.3, 0.4) is 0 Å². The minimum atomic E-state index is -0.369. The number of piperazine rings is 1. The molecule has 2 aliphatic rings. The van der Waals surface area contributed by atoms with Crippen LogP contribution in [0.1, 0.15) is 42.4 Å². The number of amides is 2. The molecule has 7 nitrogen and oxygen atoms in total. The Labute approximate surface area is 175 Å². The average molecular weight is 412 g/mol. The fourth-order valence-electron chi connectivity index (χ4n) is 4.53. The predicted molar refractivity (Wildman–Crippen MR) is 113 cm³/mol. The van der Waals surface area contributed by atoms with Crippen molar-refractivity contribution >= 4 is 22.8 Å². The third-order valence-corrected chi connectivity index (χ3v) is 6.38. The molecule has 0 N–H and O–H groups in total. The van der Waals surface area contributed by atoms with Gasteiger partial charge in [-0.2, -0.15) is 0 Å². The van der Waals surface area contributed by atoms with Gasteiger partial charge in [-0.3, -0.25) is 9.59 Å². The summed E-state index contributed by atoms with van der Waals surface area (Å²) in [5, 5.41) is 0.702. The maximum Gasteiger partial charge on any atom is 0.339 e. The number of carbonyl (C=O) groups excluding carboxylic acids is 2. The highest BCUT2D eigenvalue weighted by Gasteiger charge is 2.33. The summed E-state index contributed by atoms with van der Waals surface area (Å²) in [6, 6.07) is 3.97. The molecular weight excluding hydrogens is 384 g/mol. The van der Waals surface area contributed by atoms with E-state index in [0.717, 1.165) is 24.0 Å². The van der Waals surface area contributed by atoms with Crippen molar-refractivity contribution in [1.82, 2.24) is 9.80 Å². The molecule has 0 atom stereocenters. The Morgan fingerprint density at radius 2 is 1.83 bits per heavy atom. The van der Waals surface area contributed by atoms with E-state index in [9.17, 15) is 14.4 Å². The summed E-state index contributed by atoms with van der Waals surface area (Å²) in [6.07, 6.45) is 4.49. The molecule has 2 heterocycles. The Kier molecular flexibility index (Phi) is 5.54. The average Bonchev–Trinajstić information content (AvgIpc) is 3.24. The van der Waals surface area contributed by atoms with Crippen molar-refractivity contribution in [2.45, 2.75) is 52.5 Å². The zero-order valence-electron chi connectivity index (χ0n) is 17.8. The van der Waals surface area contributed by atoms with Crippen LogP contribution >= 0.6 is 0 Å². The summed E-state index contributed by atoms with van der Waals surface area (Å²) >= 11 is 0. The molecule has 0 unspecified atom stereocenters. The molecule has 1 aliphatic carbocycles. The fourth-order valence-corrected chi connectivity index (χ4v) is 4.53. The Bertz CT molecular complexity index is 1050. The molecule has 160 valence electrons. The predicted octanol–water partition coefficient (Wildman–Crippen LogP) is 2.71. The molecule has 4 rings (SSSR count). The van der Waals surface area contributed by atoms with E-state index in [1.165, 1.54) is 12.8 Å². The molecular formula is C23H28N2O5. The maximum atomic E-state index is 12.7. The van der Waals surface area contributed by atoms with Crippen LogP contribution in [0.5, 0.6) is 5.75 Å². The lowest BCUT2D eigenvalue weighted by atomic mass is 10.0. The Hall–Kier alpha value is -2.83. The lowest BCUT2D eigenvalue weighted by Gasteiger charge is -2.37. The fraction of sp³-hybridized carbons (Fsp3) is 0.522. The van der Waals surface area contributed by atoms with Gasteiger partial charge in [-0.25, -0.2) is 4.79 Å². The Morgan fingerprint density at radius 3 is 2.53 bits per heavy atom. The van der Waals surface area contributed by atoms with Gasteiger partial charge in [0.2, 0.25) is 5.91 Å². The zero-order valence-corrected chi connectivity index (χ0v) is 17.8. The minimum Gasteiger partial charge on any atom is -0.483 e. The van der Waals surface area contributed by atoms with Crippen LogP contribution in [0.25, 0.3) is 11.0 Å². The molecule has 1 saturated carbocycles. The van der Waals surface area contributed by atoms with Crippen molar-refractivity contribution in [2.75, 3.05) is 26.2 Å². The molecule has 1 aromatic carbocycles. The lowest BCUT2D eigenvalue weighted by Crippen LogP contribution is -2.55.